The standard InChI is InChI=1S/C9H8BrFN2O/c10-5-2-1-3-6(11)8(5)13-4-7(12)9(13)14/h1-3,7H,4,12H2. The Labute approximate surface area is 88.8 Å². The van der Waals surface area contributed by atoms with Crippen LogP contribution in [-0.2, 0) is 4.79 Å². The van der Waals surface area contributed by atoms with E-state index in [0.29, 0.717) is 11.0 Å². The van der Waals surface area contributed by atoms with Crippen molar-refractivity contribution < 1.29 is 9.18 Å². The Kier molecular flexibility index (Phi) is 2.28. The highest BCUT2D eigenvalue weighted by molar-refractivity contribution is 9.10. The lowest BCUT2D eigenvalue weighted by molar-refractivity contribution is -0.123. The third-order valence-electron chi connectivity index (χ3n) is 2.17. The third-order valence-corrected chi connectivity index (χ3v) is 2.81. The van der Waals surface area contributed by atoms with E-state index in [-0.39, 0.29) is 11.6 Å². The molecule has 0 aliphatic carbocycles. The van der Waals surface area contributed by atoms with Gasteiger partial charge in [0.05, 0.1) is 12.2 Å². The van der Waals surface area contributed by atoms with Gasteiger partial charge >= 0.3 is 0 Å². The summed E-state index contributed by atoms with van der Waals surface area (Å²) in [7, 11) is 0. The molecule has 0 bridgehead atoms. The summed E-state index contributed by atoms with van der Waals surface area (Å²) in [6, 6.07) is 4.10. The van der Waals surface area contributed by atoms with Crippen LogP contribution in [0.4, 0.5) is 10.1 Å². The molecule has 3 nitrogen and oxygen atoms in total. The molecule has 74 valence electrons. The zero-order valence-electron chi connectivity index (χ0n) is 7.21. The summed E-state index contributed by atoms with van der Waals surface area (Å²) in [6.07, 6.45) is 0. The van der Waals surface area contributed by atoms with E-state index in [4.69, 9.17) is 5.73 Å². The van der Waals surface area contributed by atoms with Crippen LogP contribution in [0.15, 0.2) is 22.7 Å². The number of benzene rings is 1. The first kappa shape index (κ1) is 9.61. The Morgan fingerprint density at radius 3 is 2.79 bits per heavy atom. The van der Waals surface area contributed by atoms with E-state index in [9.17, 15) is 9.18 Å². The van der Waals surface area contributed by atoms with Gasteiger partial charge in [-0.3, -0.25) is 4.79 Å². The summed E-state index contributed by atoms with van der Waals surface area (Å²) in [6.45, 7) is 0.373. The molecular formula is C9H8BrFN2O. The fraction of sp³-hybridized carbons (Fsp3) is 0.222. The molecule has 1 heterocycles. The Bertz CT molecular complexity index is 376. The maximum atomic E-state index is 13.4. The summed E-state index contributed by atoms with van der Waals surface area (Å²) in [4.78, 5) is 12.6. The molecule has 2 rings (SSSR count). The van der Waals surface area contributed by atoms with Crippen LogP contribution < -0.4 is 10.6 Å². The number of amides is 1. The maximum absolute atomic E-state index is 13.4. The van der Waals surface area contributed by atoms with Crippen LogP contribution in [0.1, 0.15) is 0 Å². The summed E-state index contributed by atoms with van der Waals surface area (Å²) >= 11 is 3.20. The van der Waals surface area contributed by atoms with Crippen molar-refractivity contribution in [3.05, 3.63) is 28.5 Å². The second-order valence-electron chi connectivity index (χ2n) is 3.13. The molecule has 1 aromatic carbocycles. The zero-order chi connectivity index (χ0) is 10.3. The van der Waals surface area contributed by atoms with E-state index < -0.39 is 11.9 Å². The van der Waals surface area contributed by atoms with Gasteiger partial charge in [0.1, 0.15) is 11.9 Å². The van der Waals surface area contributed by atoms with Crippen molar-refractivity contribution in [3.63, 3.8) is 0 Å². The molecule has 1 amide bonds. The smallest absolute Gasteiger partial charge is 0.245 e. The quantitative estimate of drug-likeness (QED) is 0.772. The first-order valence-corrected chi connectivity index (χ1v) is 4.91. The van der Waals surface area contributed by atoms with Crippen molar-refractivity contribution in [2.45, 2.75) is 6.04 Å². The van der Waals surface area contributed by atoms with Crippen molar-refractivity contribution in [1.82, 2.24) is 0 Å². The van der Waals surface area contributed by atoms with Gasteiger partial charge in [0.2, 0.25) is 5.91 Å². The van der Waals surface area contributed by atoms with Crippen molar-refractivity contribution in [3.8, 4) is 0 Å². The number of hydrogen-bond acceptors (Lipinski definition) is 2. The van der Waals surface area contributed by atoms with Crippen molar-refractivity contribution in [1.29, 1.82) is 0 Å². The molecule has 0 spiro atoms. The van der Waals surface area contributed by atoms with Gasteiger partial charge < -0.3 is 10.6 Å². The normalized spacial score (nSPS) is 20.9. The van der Waals surface area contributed by atoms with Gasteiger partial charge in [-0.1, -0.05) is 6.07 Å². The predicted molar refractivity (Wildman–Crippen MR) is 54.4 cm³/mol. The molecule has 1 fully saturated rings. The number of halogens is 2. The Morgan fingerprint density at radius 2 is 2.29 bits per heavy atom. The first-order chi connectivity index (χ1) is 6.61. The number of nitrogens with two attached hydrogens (primary N) is 1. The van der Waals surface area contributed by atoms with Crippen LogP contribution >= 0.6 is 15.9 Å². The lowest BCUT2D eigenvalue weighted by Gasteiger charge is -2.36. The Morgan fingerprint density at radius 1 is 1.57 bits per heavy atom. The highest BCUT2D eigenvalue weighted by Crippen LogP contribution is 2.32. The Hall–Kier alpha value is -0.940. The number of carbonyl (C=O) groups is 1. The van der Waals surface area contributed by atoms with E-state index in [1.807, 2.05) is 0 Å². The number of hydrogen-bond donors (Lipinski definition) is 1. The summed E-state index contributed by atoms with van der Waals surface area (Å²) < 4.78 is 13.9. The Balaban J connectivity index is 2.38. The van der Waals surface area contributed by atoms with Crippen LogP contribution in [0.3, 0.4) is 0 Å². The van der Waals surface area contributed by atoms with Gasteiger partial charge in [-0.05, 0) is 28.1 Å². The summed E-state index contributed by atoms with van der Waals surface area (Å²) in [5.74, 6) is -0.657. The summed E-state index contributed by atoms with van der Waals surface area (Å²) in [5.41, 5.74) is 5.70. The minimum atomic E-state index is -0.485. The highest BCUT2D eigenvalue weighted by atomic mass is 79.9. The molecule has 0 aromatic heterocycles. The van der Waals surface area contributed by atoms with Crippen molar-refractivity contribution in [2.75, 3.05) is 11.4 Å². The molecule has 14 heavy (non-hydrogen) atoms. The molecule has 1 atom stereocenters. The fourth-order valence-electron chi connectivity index (χ4n) is 1.40. The monoisotopic (exact) mass is 258 g/mol. The fourth-order valence-corrected chi connectivity index (χ4v) is 1.96. The van der Waals surface area contributed by atoms with Crippen LogP contribution in [0.5, 0.6) is 0 Å². The number of anilines is 1. The molecule has 5 heteroatoms. The molecule has 1 aliphatic heterocycles. The SMILES string of the molecule is NC1CN(c2c(F)cccc2Br)C1=O. The van der Waals surface area contributed by atoms with Gasteiger partial charge in [-0.2, -0.15) is 0 Å². The lowest BCUT2D eigenvalue weighted by atomic mass is 10.1. The molecule has 1 aliphatic rings. The number of rotatable bonds is 1. The minimum absolute atomic E-state index is 0.240. The summed E-state index contributed by atoms with van der Waals surface area (Å²) in [5, 5.41) is 0. The van der Waals surface area contributed by atoms with Crippen LogP contribution in [0.2, 0.25) is 0 Å². The second-order valence-corrected chi connectivity index (χ2v) is 3.98. The van der Waals surface area contributed by atoms with E-state index in [0.717, 1.165) is 0 Å². The highest BCUT2D eigenvalue weighted by Gasteiger charge is 2.36. The number of β-lactam (4-membered cyclic amide) rings is 1. The van der Waals surface area contributed by atoms with Crippen molar-refractivity contribution >= 4 is 27.5 Å². The van der Waals surface area contributed by atoms with Crippen LogP contribution in [-0.4, -0.2) is 18.5 Å². The maximum Gasteiger partial charge on any atom is 0.245 e. The molecule has 1 aromatic rings. The zero-order valence-corrected chi connectivity index (χ0v) is 8.79. The largest absolute Gasteiger partial charge is 0.318 e. The van der Waals surface area contributed by atoms with Gasteiger partial charge in [-0.15, -0.1) is 0 Å². The van der Waals surface area contributed by atoms with Gasteiger partial charge in [-0.25, -0.2) is 4.39 Å². The third kappa shape index (κ3) is 1.33. The van der Waals surface area contributed by atoms with E-state index in [1.165, 1.54) is 11.0 Å². The van der Waals surface area contributed by atoms with Gasteiger partial charge in [0.25, 0.3) is 0 Å². The molecule has 1 saturated heterocycles. The van der Waals surface area contributed by atoms with E-state index in [2.05, 4.69) is 15.9 Å². The topological polar surface area (TPSA) is 46.3 Å². The second kappa shape index (κ2) is 3.33. The molecule has 0 saturated carbocycles. The van der Waals surface area contributed by atoms with Crippen molar-refractivity contribution in [2.24, 2.45) is 5.73 Å². The average Bonchev–Trinajstić information content (AvgIpc) is 2.16. The van der Waals surface area contributed by atoms with Crippen LogP contribution in [0.25, 0.3) is 0 Å². The molecule has 1 unspecified atom stereocenters. The van der Waals surface area contributed by atoms with E-state index in [1.54, 1.807) is 12.1 Å². The van der Waals surface area contributed by atoms with E-state index >= 15 is 0 Å². The average molecular weight is 259 g/mol. The number of para-hydroxylation sites is 1. The number of nitrogens with zero attached hydrogens (tertiary/aromatic N) is 1. The predicted octanol–water partition coefficient (Wildman–Crippen LogP) is 1.26. The number of carbonyl (C=O) groups excluding carboxylic acids is 1. The van der Waals surface area contributed by atoms with Gasteiger partial charge in [0, 0.05) is 4.47 Å². The van der Waals surface area contributed by atoms with Gasteiger partial charge in [0.15, 0.2) is 0 Å². The first-order valence-electron chi connectivity index (χ1n) is 4.12. The minimum Gasteiger partial charge on any atom is -0.318 e. The van der Waals surface area contributed by atoms with Crippen LogP contribution in [0, 0.1) is 5.82 Å². The molecule has 2 N–H and O–H groups in total. The molecule has 0 radical (unpaired) electrons. The lowest BCUT2D eigenvalue weighted by Crippen LogP contribution is -2.61. The molecular weight excluding hydrogens is 251 g/mol.